The molecule has 5 nitrogen and oxygen atoms in total. The first-order valence-corrected chi connectivity index (χ1v) is 10.9. The average Bonchev–Trinajstić information content (AvgIpc) is 3.21. The van der Waals surface area contributed by atoms with Gasteiger partial charge in [-0.05, 0) is 69.8 Å². The fourth-order valence-corrected chi connectivity index (χ4v) is 6.37. The molecular formula is C19H28N2O3S. The lowest BCUT2D eigenvalue weighted by Gasteiger charge is -2.49. The molecule has 0 bridgehead atoms. The predicted molar refractivity (Wildman–Crippen MR) is 97.0 cm³/mol. The van der Waals surface area contributed by atoms with Crippen LogP contribution in [0.5, 0.6) is 0 Å². The van der Waals surface area contributed by atoms with Gasteiger partial charge in [-0.3, -0.25) is 0 Å². The first-order chi connectivity index (χ1) is 12.0. The molecule has 0 aromatic heterocycles. The second-order valence-electron chi connectivity index (χ2n) is 7.77. The predicted octanol–water partition coefficient (Wildman–Crippen LogP) is 2.26. The SMILES string of the molecule is Cc1ccccc1S(=O)(=O)N1CC2(C1)OCC[C@H]2CCN1CCCC1. The van der Waals surface area contributed by atoms with Crippen LogP contribution in [0.15, 0.2) is 29.2 Å². The van der Waals surface area contributed by atoms with Crippen molar-refractivity contribution in [1.29, 1.82) is 0 Å². The molecule has 0 radical (unpaired) electrons. The summed E-state index contributed by atoms with van der Waals surface area (Å²) < 4.78 is 33.5. The molecule has 3 aliphatic rings. The highest BCUT2D eigenvalue weighted by Gasteiger charge is 2.56. The van der Waals surface area contributed by atoms with Crippen molar-refractivity contribution in [1.82, 2.24) is 9.21 Å². The van der Waals surface area contributed by atoms with Crippen LogP contribution in [-0.4, -0.2) is 62.6 Å². The number of ether oxygens (including phenoxy) is 1. The molecule has 4 rings (SSSR count). The first kappa shape index (κ1) is 17.5. The van der Waals surface area contributed by atoms with E-state index in [0.717, 1.165) is 31.6 Å². The molecule has 1 spiro atoms. The summed E-state index contributed by atoms with van der Waals surface area (Å²) in [5, 5.41) is 0. The molecule has 25 heavy (non-hydrogen) atoms. The molecule has 0 saturated carbocycles. The molecule has 3 fully saturated rings. The van der Waals surface area contributed by atoms with Gasteiger partial charge in [0.2, 0.25) is 10.0 Å². The highest BCUT2D eigenvalue weighted by atomic mass is 32.2. The van der Waals surface area contributed by atoms with E-state index >= 15 is 0 Å². The highest BCUT2D eigenvalue weighted by molar-refractivity contribution is 7.89. The summed E-state index contributed by atoms with van der Waals surface area (Å²) >= 11 is 0. The van der Waals surface area contributed by atoms with Crippen molar-refractivity contribution in [2.75, 3.05) is 39.3 Å². The zero-order valence-electron chi connectivity index (χ0n) is 15.0. The third-order valence-corrected chi connectivity index (χ3v) is 8.14. The minimum absolute atomic E-state index is 0.241. The molecule has 138 valence electrons. The molecule has 3 saturated heterocycles. The van der Waals surface area contributed by atoms with Gasteiger partial charge in [0.05, 0.1) is 10.5 Å². The van der Waals surface area contributed by atoms with Crippen molar-refractivity contribution in [3.63, 3.8) is 0 Å². The molecular weight excluding hydrogens is 336 g/mol. The quantitative estimate of drug-likeness (QED) is 0.804. The normalized spacial score (nSPS) is 27.0. The summed E-state index contributed by atoms with van der Waals surface area (Å²) in [6, 6.07) is 7.23. The molecule has 3 heterocycles. The van der Waals surface area contributed by atoms with Crippen molar-refractivity contribution in [3.8, 4) is 0 Å². The van der Waals surface area contributed by atoms with Crippen LogP contribution in [0, 0.1) is 12.8 Å². The molecule has 0 unspecified atom stereocenters. The van der Waals surface area contributed by atoms with Crippen LogP contribution in [0.2, 0.25) is 0 Å². The van der Waals surface area contributed by atoms with Crippen molar-refractivity contribution in [3.05, 3.63) is 29.8 Å². The maximum atomic E-state index is 12.9. The minimum atomic E-state index is -3.41. The van der Waals surface area contributed by atoms with Crippen LogP contribution >= 0.6 is 0 Å². The van der Waals surface area contributed by atoms with Gasteiger partial charge in [0.1, 0.15) is 0 Å². The zero-order valence-corrected chi connectivity index (χ0v) is 15.8. The highest BCUT2D eigenvalue weighted by Crippen LogP contribution is 2.44. The topological polar surface area (TPSA) is 49.9 Å². The fraction of sp³-hybridized carbons (Fsp3) is 0.684. The number of nitrogens with zero attached hydrogens (tertiary/aromatic N) is 2. The Morgan fingerprint density at radius 1 is 1.20 bits per heavy atom. The van der Waals surface area contributed by atoms with E-state index in [-0.39, 0.29) is 5.60 Å². The summed E-state index contributed by atoms with van der Waals surface area (Å²) in [5.41, 5.74) is 0.566. The third kappa shape index (κ3) is 3.14. The standard InChI is InChI=1S/C19H28N2O3S/c1-16-6-2-3-7-18(16)25(22,23)21-14-19(15-21)17(9-13-24-19)8-12-20-10-4-5-11-20/h2-3,6-7,17H,4-5,8-15H2,1H3/t17-/m1/s1. The van der Waals surface area contributed by atoms with Crippen molar-refractivity contribution < 1.29 is 13.2 Å². The van der Waals surface area contributed by atoms with E-state index in [0.29, 0.717) is 23.9 Å². The lowest BCUT2D eigenvalue weighted by molar-refractivity contribution is -0.103. The van der Waals surface area contributed by atoms with Crippen molar-refractivity contribution >= 4 is 10.0 Å². The molecule has 0 amide bonds. The van der Waals surface area contributed by atoms with Gasteiger partial charge >= 0.3 is 0 Å². The lowest BCUT2D eigenvalue weighted by atomic mass is 9.80. The zero-order chi connectivity index (χ0) is 17.5. The van der Waals surface area contributed by atoms with Crippen LogP contribution in [0.3, 0.4) is 0 Å². The second-order valence-corrected chi connectivity index (χ2v) is 9.68. The van der Waals surface area contributed by atoms with Gasteiger partial charge in [-0.2, -0.15) is 4.31 Å². The number of benzene rings is 1. The lowest BCUT2D eigenvalue weighted by Crippen LogP contribution is -2.66. The molecule has 3 aliphatic heterocycles. The smallest absolute Gasteiger partial charge is 0.243 e. The molecule has 1 aromatic rings. The molecule has 6 heteroatoms. The summed E-state index contributed by atoms with van der Waals surface area (Å²) in [6.07, 6.45) is 4.81. The van der Waals surface area contributed by atoms with Gasteiger partial charge in [0, 0.05) is 19.7 Å². The molecule has 0 N–H and O–H groups in total. The fourth-order valence-electron chi connectivity index (χ4n) is 4.59. The van der Waals surface area contributed by atoms with E-state index in [1.54, 1.807) is 16.4 Å². The molecule has 0 aliphatic carbocycles. The third-order valence-electron chi connectivity index (χ3n) is 6.19. The summed E-state index contributed by atoms with van der Waals surface area (Å²) in [5.74, 6) is 0.483. The van der Waals surface area contributed by atoms with Crippen LogP contribution in [0.25, 0.3) is 0 Å². The molecule has 1 aromatic carbocycles. The Balaban J connectivity index is 1.41. The summed E-state index contributed by atoms with van der Waals surface area (Å²) in [7, 11) is -3.41. The number of likely N-dealkylation sites (tertiary alicyclic amines) is 1. The first-order valence-electron chi connectivity index (χ1n) is 9.43. The van der Waals surface area contributed by atoms with E-state index in [1.165, 1.54) is 25.9 Å². The number of sulfonamides is 1. The van der Waals surface area contributed by atoms with Crippen LogP contribution in [0.4, 0.5) is 0 Å². The van der Waals surface area contributed by atoms with Crippen LogP contribution < -0.4 is 0 Å². The Labute approximate surface area is 151 Å². The minimum Gasteiger partial charge on any atom is -0.372 e. The van der Waals surface area contributed by atoms with Gasteiger partial charge < -0.3 is 9.64 Å². The Kier molecular flexibility index (Phi) is 4.65. The van der Waals surface area contributed by atoms with E-state index < -0.39 is 10.0 Å². The maximum Gasteiger partial charge on any atom is 0.243 e. The Morgan fingerprint density at radius 2 is 1.92 bits per heavy atom. The number of hydrogen-bond donors (Lipinski definition) is 0. The van der Waals surface area contributed by atoms with Crippen molar-refractivity contribution in [2.45, 2.75) is 43.1 Å². The van der Waals surface area contributed by atoms with E-state index in [2.05, 4.69) is 4.90 Å². The summed E-state index contributed by atoms with van der Waals surface area (Å²) in [6.45, 7) is 7.20. The number of aryl methyl sites for hydroxylation is 1. The van der Waals surface area contributed by atoms with Crippen LogP contribution in [-0.2, 0) is 14.8 Å². The number of rotatable bonds is 5. The monoisotopic (exact) mass is 364 g/mol. The number of hydrogen-bond acceptors (Lipinski definition) is 4. The second kappa shape index (κ2) is 6.65. The van der Waals surface area contributed by atoms with Gasteiger partial charge in [0.25, 0.3) is 0 Å². The van der Waals surface area contributed by atoms with Gasteiger partial charge in [-0.25, -0.2) is 8.42 Å². The Bertz CT molecular complexity index is 722. The Morgan fingerprint density at radius 3 is 2.64 bits per heavy atom. The Hall–Kier alpha value is -0.950. The summed E-state index contributed by atoms with van der Waals surface area (Å²) in [4.78, 5) is 2.96. The van der Waals surface area contributed by atoms with Crippen LogP contribution in [0.1, 0.15) is 31.2 Å². The van der Waals surface area contributed by atoms with Crippen molar-refractivity contribution in [2.24, 2.45) is 5.92 Å². The van der Waals surface area contributed by atoms with Gasteiger partial charge in [-0.15, -0.1) is 0 Å². The van der Waals surface area contributed by atoms with E-state index in [1.807, 2.05) is 19.1 Å². The average molecular weight is 365 g/mol. The maximum absolute atomic E-state index is 12.9. The van der Waals surface area contributed by atoms with Gasteiger partial charge in [-0.1, -0.05) is 18.2 Å². The van der Waals surface area contributed by atoms with E-state index in [4.69, 9.17) is 4.74 Å². The van der Waals surface area contributed by atoms with E-state index in [9.17, 15) is 8.42 Å². The molecule has 1 atom stereocenters. The largest absolute Gasteiger partial charge is 0.372 e. The van der Waals surface area contributed by atoms with Gasteiger partial charge in [0.15, 0.2) is 0 Å².